The van der Waals surface area contributed by atoms with Gasteiger partial charge in [0.2, 0.25) is 5.91 Å². The fraction of sp³-hybridized carbons (Fsp3) is 0.316. The zero-order chi connectivity index (χ0) is 18.3. The third-order valence-electron chi connectivity index (χ3n) is 5.15. The molecule has 1 aliphatic carbocycles. The molecular weight excluding hydrogens is 356 g/mol. The van der Waals surface area contributed by atoms with E-state index in [1.165, 1.54) is 6.07 Å². The number of carbonyl (C=O) groups is 2. The standard InChI is InChI=1S/C19H17ClN2O4/c20-11-1-3-12(4-2-11)26-13-7-9-19(10-8-13)16-14(22-18(19)25)5-6-15(21-16)17(23)24/h1-6,13H,7-10H2,(H,22,25)(H,23,24)/t13-,19+. The Labute approximate surface area is 155 Å². The van der Waals surface area contributed by atoms with Crippen LogP contribution < -0.4 is 10.1 Å². The van der Waals surface area contributed by atoms with Crippen LogP contribution >= 0.6 is 11.6 Å². The lowest BCUT2D eigenvalue weighted by atomic mass is 9.71. The maximum Gasteiger partial charge on any atom is 0.354 e. The van der Waals surface area contributed by atoms with Gasteiger partial charge in [-0.3, -0.25) is 4.79 Å². The van der Waals surface area contributed by atoms with E-state index in [-0.39, 0.29) is 17.7 Å². The summed E-state index contributed by atoms with van der Waals surface area (Å²) < 4.78 is 5.99. The van der Waals surface area contributed by atoms with E-state index < -0.39 is 11.4 Å². The van der Waals surface area contributed by atoms with Gasteiger partial charge in [0.05, 0.1) is 22.9 Å². The summed E-state index contributed by atoms with van der Waals surface area (Å²) in [5.74, 6) is -0.451. The molecule has 0 atom stereocenters. The number of fused-ring (bicyclic) bond motifs is 2. The minimum absolute atomic E-state index is 0.00121. The van der Waals surface area contributed by atoms with Gasteiger partial charge in [-0.25, -0.2) is 9.78 Å². The SMILES string of the molecule is O=C(O)c1ccc2c(n1)[C@]1(CC[C@H](Oc3ccc(Cl)cc3)CC1)C(=O)N2. The maximum absolute atomic E-state index is 12.6. The summed E-state index contributed by atoms with van der Waals surface area (Å²) in [5.41, 5.74) is 0.351. The smallest absolute Gasteiger partial charge is 0.354 e. The quantitative estimate of drug-likeness (QED) is 0.858. The van der Waals surface area contributed by atoms with Gasteiger partial charge in [0.25, 0.3) is 0 Å². The molecule has 1 amide bonds. The van der Waals surface area contributed by atoms with Crippen molar-refractivity contribution < 1.29 is 19.4 Å². The minimum atomic E-state index is -1.10. The first kappa shape index (κ1) is 16.8. The fourth-order valence-electron chi connectivity index (χ4n) is 3.76. The first-order chi connectivity index (χ1) is 12.5. The van der Waals surface area contributed by atoms with Crippen LogP contribution in [0.4, 0.5) is 5.69 Å². The van der Waals surface area contributed by atoms with Crippen molar-refractivity contribution in [3.05, 3.63) is 52.8 Å². The molecule has 2 aliphatic rings. The molecule has 0 unspecified atom stereocenters. The van der Waals surface area contributed by atoms with E-state index in [0.29, 0.717) is 42.1 Å². The van der Waals surface area contributed by atoms with Crippen LogP contribution in [-0.4, -0.2) is 28.1 Å². The molecule has 0 bridgehead atoms. The second-order valence-corrected chi connectivity index (χ2v) is 7.14. The fourth-order valence-corrected chi connectivity index (χ4v) is 3.89. The number of nitrogens with zero attached hydrogens (tertiary/aromatic N) is 1. The second-order valence-electron chi connectivity index (χ2n) is 6.71. The molecule has 2 heterocycles. The Morgan fingerprint density at radius 3 is 2.54 bits per heavy atom. The van der Waals surface area contributed by atoms with Gasteiger partial charge < -0.3 is 15.2 Å². The van der Waals surface area contributed by atoms with Crippen molar-refractivity contribution in [1.82, 2.24) is 4.98 Å². The lowest BCUT2D eigenvalue weighted by molar-refractivity contribution is -0.122. The Bertz CT molecular complexity index is 874. The number of nitrogens with one attached hydrogen (secondary N) is 1. The van der Waals surface area contributed by atoms with Crippen LogP contribution in [0, 0.1) is 0 Å². The van der Waals surface area contributed by atoms with E-state index in [0.717, 1.165) is 5.75 Å². The third-order valence-corrected chi connectivity index (χ3v) is 5.41. The summed E-state index contributed by atoms with van der Waals surface area (Å²) in [4.78, 5) is 28.1. The Kier molecular flexibility index (Phi) is 4.07. The Morgan fingerprint density at radius 1 is 1.19 bits per heavy atom. The number of ether oxygens (including phenoxy) is 1. The number of carbonyl (C=O) groups excluding carboxylic acids is 1. The highest BCUT2D eigenvalue weighted by molar-refractivity contribution is 6.30. The molecule has 2 aromatic rings. The van der Waals surface area contributed by atoms with Gasteiger partial charge in [0.15, 0.2) is 0 Å². The Morgan fingerprint density at radius 2 is 1.88 bits per heavy atom. The number of amides is 1. The van der Waals surface area contributed by atoms with E-state index in [4.69, 9.17) is 16.3 Å². The van der Waals surface area contributed by atoms with E-state index in [2.05, 4.69) is 10.3 Å². The van der Waals surface area contributed by atoms with E-state index in [9.17, 15) is 14.7 Å². The molecule has 4 rings (SSSR count). The van der Waals surface area contributed by atoms with Crippen LogP contribution in [0.5, 0.6) is 5.75 Å². The summed E-state index contributed by atoms with van der Waals surface area (Å²) in [6.45, 7) is 0. The lowest BCUT2D eigenvalue weighted by Crippen LogP contribution is -2.41. The Balaban J connectivity index is 1.53. The van der Waals surface area contributed by atoms with Gasteiger partial charge in [-0.1, -0.05) is 11.6 Å². The van der Waals surface area contributed by atoms with Crippen molar-refractivity contribution in [2.45, 2.75) is 37.2 Å². The summed E-state index contributed by atoms with van der Waals surface area (Å²) in [5, 5.41) is 12.7. The number of benzene rings is 1. The Hall–Kier alpha value is -2.60. The molecule has 1 saturated carbocycles. The molecular formula is C19H17ClN2O4. The number of rotatable bonds is 3. The average molecular weight is 373 g/mol. The predicted molar refractivity (Wildman–Crippen MR) is 95.8 cm³/mol. The van der Waals surface area contributed by atoms with Crippen LogP contribution in [0.15, 0.2) is 36.4 Å². The number of pyridine rings is 1. The molecule has 1 aromatic carbocycles. The zero-order valence-electron chi connectivity index (χ0n) is 13.9. The molecule has 134 valence electrons. The van der Waals surface area contributed by atoms with Crippen molar-refractivity contribution >= 4 is 29.2 Å². The highest BCUT2D eigenvalue weighted by Gasteiger charge is 2.50. The summed E-state index contributed by atoms with van der Waals surface area (Å²) >= 11 is 5.89. The molecule has 0 saturated heterocycles. The number of anilines is 1. The molecule has 7 heteroatoms. The monoisotopic (exact) mass is 372 g/mol. The van der Waals surface area contributed by atoms with Crippen LogP contribution in [0.3, 0.4) is 0 Å². The van der Waals surface area contributed by atoms with E-state index in [1.54, 1.807) is 18.2 Å². The van der Waals surface area contributed by atoms with Crippen LogP contribution in [-0.2, 0) is 10.2 Å². The summed E-state index contributed by atoms with van der Waals surface area (Å²) in [6.07, 6.45) is 2.52. The van der Waals surface area contributed by atoms with Crippen molar-refractivity contribution in [3.63, 3.8) is 0 Å². The van der Waals surface area contributed by atoms with Gasteiger partial charge in [0.1, 0.15) is 11.4 Å². The molecule has 1 spiro atoms. The van der Waals surface area contributed by atoms with Gasteiger partial charge >= 0.3 is 5.97 Å². The maximum atomic E-state index is 12.6. The van der Waals surface area contributed by atoms with Crippen molar-refractivity contribution in [3.8, 4) is 5.75 Å². The summed E-state index contributed by atoms with van der Waals surface area (Å²) in [6, 6.07) is 10.2. The number of aromatic nitrogens is 1. The topological polar surface area (TPSA) is 88.5 Å². The number of carboxylic acid groups (broad SMARTS) is 1. The number of halogens is 1. The van der Waals surface area contributed by atoms with E-state index >= 15 is 0 Å². The van der Waals surface area contributed by atoms with E-state index in [1.807, 2.05) is 12.1 Å². The van der Waals surface area contributed by atoms with Gasteiger partial charge in [-0.05, 0) is 62.1 Å². The summed E-state index contributed by atoms with van der Waals surface area (Å²) in [7, 11) is 0. The first-order valence-electron chi connectivity index (χ1n) is 8.46. The minimum Gasteiger partial charge on any atom is -0.490 e. The van der Waals surface area contributed by atoms with Crippen molar-refractivity contribution in [2.24, 2.45) is 0 Å². The van der Waals surface area contributed by atoms with Crippen molar-refractivity contribution in [1.29, 1.82) is 0 Å². The first-order valence-corrected chi connectivity index (χ1v) is 8.84. The second kappa shape index (κ2) is 6.29. The number of hydrogen-bond donors (Lipinski definition) is 2. The number of aromatic carboxylic acids is 1. The van der Waals surface area contributed by atoms with Gasteiger partial charge in [0, 0.05) is 5.02 Å². The normalized spacial score (nSPS) is 24.2. The predicted octanol–water partition coefficient (Wildman–Crippen LogP) is 3.64. The molecule has 1 aliphatic heterocycles. The lowest BCUT2D eigenvalue weighted by Gasteiger charge is -2.35. The van der Waals surface area contributed by atoms with Crippen LogP contribution in [0.25, 0.3) is 0 Å². The van der Waals surface area contributed by atoms with Gasteiger partial charge in [-0.2, -0.15) is 0 Å². The number of hydrogen-bond acceptors (Lipinski definition) is 4. The largest absolute Gasteiger partial charge is 0.490 e. The molecule has 1 aromatic heterocycles. The molecule has 1 fully saturated rings. The third kappa shape index (κ3) is 2.80. The highest BCUT2D eigenvalue weighted by atomic mass is 35.5. The zero-order valence-corrected chi connectivity index (χ0v) is 14.6. The molecule has 2 N–H and O–H groups in total. The number of carboxylic acids is 1. The molecule has 0 radical (unpaired) electrons. The van der Waals surface area contributed by atoms with Gasteiger partial charge in [-0.15, -0.1) is 0 Å². The van der Waals surface area contributed by atoms with Crippen LogP contribution in [0.1, 0.15) is 41.9 Å². The van der Waals surface area contributed by atoms with Crippen molar-refractivity contribution in [2.75, 3.05) is 5.32 Å². The molecule has 6 nitrogen and oxygen atoms in total. The molecule has 26 heavy (non-hydrogen) atoms. The highest BCUT2D eigenvalue weighted by Crippen LogP contribution is 2.47. The van der Waals surface area contributed by atoms with Crippen LogP contribution in [0.2, 0.25) is 5.02 Å². The average Bonchev–Trinajstić information content (AvgIpc) is 2.90.